The Labute approximate surface area is 282 Å². The van der Waals surface area contributed by atoms with Crippen LogP contribution in [0, 0.1) is 40.5 Å². The summed E-state index contributed by atoms with van der Waals surface area (Å²) in [4.78, 5) is 2.33. The van der Waals surface area contributed by atoms with Crippen LogP contribution in [0.3, 0.4) is 0 Å². The molecule has 0 spiro atoms. The maximum atomic E-state index is 2.43. The smallest absolute Gasteiger partial charge is 0.0462 e. The lowest BCUT2D eigenvalue weighted by molar-refractivity contribution is 0.453. The van der Waals surface area contributed by atoms with Crippen LogP contribution in [0.5, 0.6) is 0 Å². The molecule has 0 heterocycles. The number of rotatable bonds is 10. The lowest BCUT2D eigenvalue weighted by Gasteiger charge is -2.26. The fourth-order valence-corrected chi connectivity index (χ4v) is 6.61. The standard InChI is InChI=1S/C46H47N/c1-32-7-14-39(15-8-32)31-46(42-18-13-35(4)36(5)30-42)37(6)29-38-16-19-40(20-17-38)41-21-27-45(28-22-41)47(43-23-9-33(2)10-24-43)44-25-11-34(3)12-26-44/h7-28,30,37,46H,29,31H2,1-6H3. The molecule has 2 atom stereocenters. The first kappa shape index (κ1) is 32.1. The Hall–Kier alpha value is -4.88. The van der Waals surface area contributed by atoms with Gasteiger partial charge in [-0.3, -0.25) is 0 Å². The van der Waals surface area contributed by atoms with Crippen molar-refractivity contribution in [3.63, 3.8) is 0 Å². The Morgan fingerprint density at radius 2 is 0.830 bits per heavy atom. The van der Waals surface area contributed by atoms with Gasteiger partial charge in [-0.2, -0.15) is 0 Å². The SMILES string of the molecule is Cc1ccc(CC(c2ccc(C)c(C)c2)C(C)Cc2ccc(-c3ccc(N(c4ccc(C)cc4)c4ccc(C)cc4)cc3)cc2)cc1. The van der Waals surface area contributed by atoms with Gasteiger partial charge in [-0.05, 0) is 135 Å². The molecule has 0 aliphatic rings. The molecule has 0 N–H and O–H groups in total. The Kier molecular flexibility index (Phi) is 9.73. The third-order valence-electron chi connectivity index (χ3n) is 9.78. The number of nitrogens with zero attached hydrogens (tertiary/aromatic N) is 1. The van der Waals surface area contributed by atoms with Crippen molar-refractivity contribution < 1.29 is 0 Å². The van der Waals surface area contributed by atoms with Gasteiger partial charge >= 0.3 is 0 Å². The van der Waals surface area contributed by atoms with Gasteiger partial charge < -0.3 is 4.90 Å². The molecule has 1 heteroatoms. The van der Waals surface area contributed by atoms with Gasteiger partial charge in [0.05, 0.1) is 0 Å². The van der Waals surface area contributed by atoms with Crippen molar-refractivity contribution in [2.24, 2.45) is 5.92 Å². The summed E-state index contributed by atoms with van der Waals surface area (Å²) in [5.74, 6) is 0.951. The molecule has 0 bridgehead atoms. The van der Waals surface area contributed by atoms with Gasteiger partial charge in [0.15, 0.2) is 0 Å². The normalized spacial score (nSPS) is 12.5. The third-order valence-corrected chi connectivity index (χ3v) is 9.78. The van der Waals surface area contributed by atoms with E-state index in [2.05, 4.69) is 186 Å². The molecule has 0 aliphatic heterocycles. The zero-order chi connectivity index (χ0) is 32.9. The van der Waals surface area contributed by atoms with Gasteiger partial charge in [-0.1, -0.05) is 127 Å². The molecular formula is C46H47N. The maximum Gasteiger partial charge on any atom is 0.0462 e. The topological polar surface area (TPSA) is 3.24 Å². The minimum atomic E-state index is 0.453. The summed E-state index contributed by atoms with van der Waals surface area (Å²) >= 11 is 0. The Morgan fingerprint density at radius 3 is 1.32 bits per heavy atom. The Bertz CT molecular complexity index is 1850. The first-order valence-electron chi connectivity index (χ1n) is 17.0. The molecule has 0 fully saturated rings. The highest BCUT2D eigenvalue weighted by molar-refractivity contribution is 5.78. The molecule has 6 aromatic carbocycles. The molecule has 6 aromatic rings. The maximum absolute atomic E-state index is 2.43. The van der Waals surface area contributed by atoms with Gasteiger partial charge in [-0.15, -0.1) is 0 Å². The predicted molar refractivity (Wildman–Crippen MR) is 202 cm³/mol. The van der Waals surface area contributed by atoms with E-state index in [1.165, 1.54) is 55.6 Å². The predicted octanol–water partition coefficient (Wildman–Crippen LogP) is 12.6. The fourth-order valence-electron chi connectivity index (χ4n) is 6.61. The van der Waals surface area contributed by atoms with Crippen molar-refractivity contribution in [3.8, 4) is 11.1 Å². The van der Waals surface area contributed by atoms with Crippen LogP contribution in [-0.4, -0.2) is 0 Å². The average molecular weight is 614 g/mol. The lowest BCUT2D eigenvalue weighted by Crippen LogP contribution is -2.16. The van der Waals surface area contributed by atoms with Crippen molar-refractivity contribution >= 4 is 17.1 Å². The van der Waals surface area contributed by atoms with E-state index in [0.717, 1.165) is 29.9 Å². The summed E-state index contributed by atoms with van der Waals surface area (Å²) in [6.07, 6.45) is 2.10. The van der Waals surface area contributed by atoms with Crippen molar-refractivity contribution in [2.45, 2.75) is 60.3 Å². The highest BCUT2D eigenvalue weighted by Crippen LogP contribution is 2.37. The van der Waals surface area contributed by atoms with Gasteiger partial charge in [0.25, 0.3) is 0 Å². The Balaban J connectivity index is 1.21. The van der Waals surface area contributed by atoms with Gasteiger partial charge in [-0.25, -0.2) is 0 Å². The van der Waals surface area contributed by atoms with Crippen molar-refractivity contribution in [3.05, 3.63) is 184 Å². The van der Waals surface area contributed by atoms with E-state index in [1.807, 2.05) is 0 Å². The molecule has 6 rings (SSSR count). The number of hydrogen-bond donors (Lipinski definition) is 0. The van der Waals surface area contributed by atoms with Crippen LogP contribution in [-0.2, 0) is 12.8 Å². The van der Waals surface area contributed by atoms with Gasteiger partial charge in [0.2, 0.25) is 0 Å². The van der Waals surface area contributed by atoms with E-state index in [9.17, 15) is 0 Å². The first-order chi connectivity index (χ1) is 22.7. The zero-order valence-electron chi connectivity index (χ0n) is 28.8. The van der Waals surface area contributed by atoms with Crippen molar-refractivity contribution in [1.29, 1.82) is 0 Å². The monoisotopic (exact) mass is 613 g/mol. The van der Waals surface area contributed by atoms with Crippen LogP contribution in [0.25, 0.3) is 11.1 Å². The zero-order valence-corrected chi connectivity index (χ0v) is 28.8. The molecule has 2 unspecified atom stereocenters. The molecular weight excluding hydrogens is 567 g/mol. The molecule has 0 aromatic heterocycles. The van der Waals surface area contributed by atoms with Crippen LogP contribution in [0.4, 0.5) is 17.1 Å². The number of hydrogen-bond acceptors (Lipinski definition) is 1. The minimum Gasteiger partial charge on any atom is -0.311 e. The second-order valence-corrected chi connectivity index (χ2v) is 13.6. The number of benzene rings is 6. The van der Waals surface area contributed by atoms with Crippen LogP contribution in [0.2, 0.25) is 0 Å². The van der Waals surface area contributed by atoms with E-state index >= 15 is 0 Å². The fraction of sp³-hybridized carbons (Fsp3) is 0.217. The van der Waals surface area contributed by atoms with E-state index in [4.69, 9.17) is 0 Å². The van der Waals surface area contributed by atoms with E-state index in [0.29, 0.717) is 11.8 Å². The quantitative estimate of drug-likeness (QED) is 0.149. The molecule has 0 radical (unpaired) electrons. The summed E-state index contributed by atoms with van der Waals surface area (Å²) in [6.45, 7) is 13.3. The highest BCUT2D eigenvalue weighted by Gasteiger charge is 2.21. The van der Waals surface area contributed by atoms with Gasteiger partial charge in [0, 0.05) is 17.1 Å². The molecule has 0 aliphatic carbocycles. The first-order valence-corrected chi connectivity index (χ1v) is 17.0. The molecule has 0 saturated carbocycles. The second kappa shape index (κ2) is 14.3. The average Bonchev–Trinajstić information content (AvgIpc) is 3.08. The van der Waals surface area contributed by atoms with Crippen LogP contribution >= 0.6 is 0 Å². The van der Waals surface area contributed by atoms with Crippen molar-refractivity contribution in [1.82, 2.24) is 0 Å². The summed E-state index contributed by atoms with van der Waals surface area (Å²) < 4.78 is 0. The second-order valence-electron chi connectivity index (χ2n) is 13.6. The molecule has 0 amide bonds. The minimum absolute atomic E-state index is 0.453. The van der Waals surface area contributed by atoms with Crippen LogP contribution in [0.15, 0.2) is 140 Å². The van der Waals surface area contributed by atoms with Crippen molar-refractivity contribution in [2.75, 3.05) is 4.90 Å². The molecule has 47 heavy (non-hydrogen) atoms. The van der Waals surface area contributed by atoms with Crippen LogP contribution in [0.1, 0.15) is 57.3 Å². The number of aryl methyl sites for hydroxylation is 5. The highest BCUT2D eigenvalue weighted by atomic mass is 15.1. The molecule has 1 nitrogen and oxygen atoms in total. The molecule has 0 saturated heterocycles. The third kappa shape index (κ3) is 7.75. The van der Waals surface area contributed by atoms with Gasteiger partial charge in [0.1, 0.15) is 0 Å². The summed E-state index contributed by atoms with van der Waals surface area (Å²) in [5, 5.41) is 0. The van der Waals surface area contributed by atoms with E-state index < -0.39 is 0 Å². The Morgan fingerprint density at radius 1 is 0.426 bits per heavy atom. The lowest BCUT2D eigenvalue weighted by atomic mass is 9.79. The number of anilines is 3. The van der Waals surface area contributed by atoms with E-state index in [1.54, 1.807) is 0 Å². The summed E-state index contributed by atoms with van der Waals surface area (Å²) in [7, 11) is 0. The van der Waals surface area contributed by atoms with E-state index in [-0.39, 0.29) is 0 Å². The largest absolute Gasteiger partial charge is 0.311 e. The molecule has 236 valence electrons. The summed E-state index contributed by atoms with van der Waals surface area (Å²) in [5.41, 5.74) is 16.8. The van der Waals surface area contributed by atoms with Crippen LogP contribution < -0.4 is 4.90 Å². The summed E-state index contributed by atoms with van der Waals surface area (Å²) in [6, 6.07) is 51.9.